The van der Waals surface area contributed by atoms with E-state index < -0.39 is 0 Å². The zero-order valence-electron chi connectivity index (χ0n) is 14.4. The number of methoxy groups -OCH3 is 2. The first-order valence-corrected chi connectivity index (χ1v) is 8.39. The first-order chi connectivity index (χ1) is 11.7. The largest absolute Gasteiger partial charge is 0.496 e. The third-order valence-electron chi connectivity index (χ3n) is 3.71. The molecule has 0 amide bonds. The van der Waals surface area contributed by atoms with Crippen LogP contribution in [0.5, 0.6) is 17.2 Å². The number of benzene rings is 2. The molecular formula is C19H24ClNO3. The zero-order chi connectivity index (χ0) is 17.4. The van der Waals surface area contributed by atoms with Crippen LogP contribution in [0, 0.1) is 0 Å². The Morgan fingerprint density at radius 2 is 1.71 bits per heavy atom. The summed E-state index contributed by atoms with van der Waals surface area (Å²) in [5.41, 5.74) is 2.21. The molecule has 0 saturated heterocycles. The minimum atomic E-state index is 0.553. The number of hydrogen-bond acceptors (Lipinski definition) is 4. The van der Waals surface area contributed by atoms with Crippen LogP contribution in [-0.2, 0) is 13.0 Å². The Bertz CT molecular complexity index is 661. The van der Waals surface area contributed by atoms with Crippen LogP contribution in [0.3, 0.4) is 0 Å². The van der Waals surface area contributed by atoms with E-state index in [-0.39, 0.29) is 0 Å². The van der Waals surface area contributed by atoms with Crippen molar-refractivity contribution in [1.82, 2.24) is 5.32 Å². The van der Waals surface area contributed by atoms with Crippen molar-refractivity contribution in [3.8, 4) is 17.2 Å². The van der Waals surface area contributed by atoms with Gasteiger partial charge in [0.05, 0.1) is 25.8 Å². The number of rotatable bonds is 9. The van der Waals surface area contributed by atoms with E-state index in [0.29, 0.717) is 17.4 Å². The summed E-state index contributed by atoms with van der Waals surface area (Å²) in [6, 6.07) is 11.8. The first kappa shape index (κ1) is 18.4. The number of halogens is 1. The fraction of sp³-hybridized carbons (Fsp3) is 0.368. The van der Waals surface area contributed by atoms with Gasteiger partial charge in [0.1, 0.15) is 17.2 Å². The van der Waals surface area contributed by atoms with Gasteiger partial charge in [-0.25, -0.2) is 0 Å². The lowest BCUT2D eigenvalue weighted by atomic mass is 10.1. The maximum Gasteiger partial charge on any atom is 0.137 e. The molecule has 0 saturated carbocycles. The van der Waals surface area contributed by atoms with Crippen LogP contribution in [0.4, 0.5) is 0 Å². The fourth-order valence-electron chi connectivity index (χ4n) is 2.51. The van der Waals surface area contributed by atoms with E-state index in [9.17, 15) is 0 Å². The molecule has 4 nitrogen and oxygen atoms in total. The van der Waals surface area contributed by atoms with Crippen molar-refractivity contribution in [3.05, 3.63) is 52.5 Å². The lowest BCUT2D eigenvalue weighted by Crippen LogP contribution is -2.17. The first-order valence-electron chi connectivity index (χ1n) is 8.01. The maximum atomic E-state index is 6.13. The van der Waals surface area contributed by atoms with E-state index in [2.05, 4.69) is 11.4 Å². The summed E-state index contributed by atoms with van der Waals surface area (Å²) in [5, 5.41) is 4.00. The van der Waals surface area contributed by atoms with Crippen LogP contribution >= 0.6 is 11.6 Å². The highest BCUT2D eigenvalue weighted by molar-refractivity contribution is 6.32. The lowest BCUT2D eigenvalue weighted by molar-refractivity contribution is 0.335. The van der Waals surface area contributed by atoms with E-state index in [4.69, 9.17) is 25.8 Å². The highest BCUT2D eigenvalue weighted by Crippen LogP contribution is 2.32. The van der Waals surface area contributed by atoms with Crippen molar-refractivity contribution in [2.75, 3.05) is 27.4 Å². The number of ether oxygens (including phenoxy) is 3. The minimum Gasteiger partial charge on any atom is -0.496 e. The molecule has 130 valence electrons. The Kier molecular flexibility index (Phi) is 7.22. The summed E-state index contributed by atoms with van der Waals surface area (Å²) in [6.07, 6.45) is 0.813. The highest BCUT2D eigenvalue weighted by Gasteiger charge is 2.10. The molecule has 0 radical (unpaired) electrons. The lowest BCUT2D eigenvalue weighted by Gasteiger charge is -2.13. The summed E-state index contributed by atoms with van der Waals surface area (Å²) < 4.78 is 16.3. The Hall–Kier alpha value is -1.91. The predicted octanol–water partition coefficient (Wildman–Crippen LogP) is 4.09. The summed E-state index contributed by atoms with van der Waals surface area (Å²) in [7, 11) is 3.26. The van der Waals surface area contributed by atoms with Gasteiger partial charge in [-0.2, -0.15) is 0 Å². The van der Waals surface area contributed by atoms with Crippen molar-refractivity contribution < 1.29 is 14.2 Å². The molecule has 0 unspecified atom stereocenters. The molecule has 0 aliphatic heterocycles. The molecule has 24 heavy (non-hydrogen) atoms. The van der Waals surface area contributed by atoms with Crippen molar-refractivity contribution in [3.63, 3.8) is 0 Å². The Morgan fingerprint density at radius 1 is 0.958 bits per heavy atom. The molecule has 5 heteroatoms. The molecule has 2 aromatic carbocycles. The van der Waals surface area contributed by atoms with Gasteiger partial charge in [0.25, 0.3) is 0 Å². The van der Waals surface area contributed by atoms with Crippen LogP contribution in [0.1, 0.15) is 18.1 Å². The molecule has 0 heterocycles. The van der Waals surface area contributed by atoms with Gasteiger partial charge in [0.15, 0.2) is 0 Å². The fourth-order valence-corrected chi connectivity index (χ4v) is 2.74. The molecule has 2 rings (SSSR count). The SMILES string of the molecule is CCOc1ccccc1CNCCc1cc(OC)c(Cl)cc1OC. The molecule has 2 aromatic rings. The summed E-state index contributed by atoms with van der Waals surface area (Å²) in [6.45, 7) is 4.22. The minimum absolute atomic E-state index is 0.553. The quantitative estimate of drug-likeness (QED) is 0.692. The van der Waals surface area contributed by atoms with Crippen LogP contribution in [0.15, 0.2) is 36.4 Å². The number of hydrogen-bond donors (Lipinski definition) is 1. The third kappa shape index (κ3) is 4.79. The monoisotopic (exact) mass is 349 g/mol. The molecular weight excluding hydrogens is 326 g/mol. The van der Waals surface area contributed by atoms with Gasteiger partial charge in [0, 0.05) is 18.2 Å². The normalized spacial score (nSPS) is 10.5. The molecule has 0 aromatic heterocycles. The van der Waals surface area contributed by atoms with E-state index in [1.165, 1.54) is 0 Å². The van der Waals surface area contributed by atoms with Crippen LogP contribution in [0.2, 0.25) is 5.02 Å². The van der Waals surface area contributed by atoms with Gasteiger partial charge in [-0.1, -0.05) is 29.8 Å². The van der Waals surface area contributed by atoms with Crippen molar-refractivity contribution in [2.24, 2.45) is 0 Å². The average molecular weight is 350 g/mol. The van der Waals surface area contributed by atoms with Crippen molar-refractivity contribution in [1.29, 1.82) is 0 Å². The predicted molar refractivity (Wildman–Crippen MR) is 97.6 cm³/mol. The highest BCUT2D eigenvalue weighted by atomic mass is 35.5. The van der Waals surface area contributed by atoms with Gasteiger partial charge in [-0.3, -0.25) is 0 Å². The smallest absolute Gasteiger partial charge is 0.137 e. The van der Waals surface area contributed by atoms with Gasteiger partial charge < -0.3 is 19.5 Å². The third-order valence-corrected chi connectivity index (χ3v) is 4.01. The second-order valence-corrected chi connectivity index (χ2v) is 5.67. The Balaban J connectivity index is 1.95. The summed E-state index contributed by atoms with van der Waals surface area (Å²) >= 11 is 6.13. The van der Waals surface area contributed by atoms with Gasteiger partial charge >= 0.3 is 0 Å². The van der Waals surface area contributed by atoms with Crippen molar-refractivity contribution in [2.45, 2.75) is 19.9 Å². The van der Waals surface area contributed by atoms with E-state index in [1.807, 2.05) is 31.2 Å². The molecule has 0 aliphatic carbocycles. The van der Waals surface area contributed by atoms with Crippen LogP contribution in [0.25, 0.3) is 0 Å². The van der Waals surface area contributed by atoms with Gasteiger partial charge in [0.2, 0.25) is 0 Å². The topological polar surface area (TPSA) is 39.7 Å². The Morgan fingerprint density at radius 3 is 2.42 bits per heavy atom. The van der Waals surface area contributed by atoms with Crippen LogP contribution < -0.4 is 19.5 Å². The second kappa shape index (κ2) is 9.40. The van der Waals surface area contributed by atoms with E-state index in [0.717, 1.165) is 42.1 Å². The molecule has 0 fully saturated rings. The molecule has 0 aliphatic rings. The van der Waals surface area contributed by atoms with Crippen molar-refractivity contribution >= 4 is 11.6 Å². The van der Waals surface area contributed by atoms with E-state index >= 15 is 0 Å². The standard InChI is InChI=1S/C19H24ClNO3/c1-4-24-17-8-6-5-7-15(17)13-21-10-9-14-11-19(23-3)16(20)12-18(14)22-2/h5-8,11-12,21H,4,9-10,13H2,1-3H3. The maximum absolute atomic E-state index is 6.13. The Labute approximate surface area is 148 Å². The molecule has 1 N–H and O–H groups in total. The summed E-state index contributed by atoms with van der Waals surface area (Å²) in [4.78, 5) is 0. The number of nitrogens with one attached hydrogen (secondary N) is 1. The zero-order valence-corrected chi connectivity index (χ0v) is 15.2. The molecule has 0 bridgehead atoms. The van der Waals surface area contributed by atoms with Crippen LogP contribution in [-0.4, -0.2) is 27.4 Å². The van der Waals surface area contributed by atoms with Gasteiger partial charge in [-0.15, -0.1) is 0 Å². The summed E-state index contributed by atoms with van der Waals surface area (Å²) in [5.74, 6) is 2.37. The number of para-hydroxylation sites is 1. The van der Waals surface area contributed by atoms with E-state index in [1.54, 1.807) is 20.3 Å². The molecule has 0 spiro atoms. The van der Waals surface area contributed by atoms with Gasteiger partial charge in [-0.05, 0) is 37.6 Å². The second-order valence-electron chi connectivity index (χ2n) is 5.27. The average Bonchev–Trinajstić information content (AvgIpc) is 2.60. The molecule has 0 atom stereocenters.